The molecular formula is C23H36FN3O3. The summed E-state index contributed by atoms with van der Waals surface area (Å²) in [5.41, 5.74) is 0.856. The van der Waals surface area contributed by atoms with E-state index in [1.165, 1.54) is 18.9 Å². The van der Waals surface area contributed by atoms with E-state index in [2.05, 4.69) is 15.6 Å². The molecule has 6 nitrogen and oxygen atoms in total. The average Bonchev–Trinajstić information content (AvgIpc) is 3.59. The van der Waals surface area contributed by atoms with Crippen molar-refractivity contribution in [1.82, 2.24) is 10.6 Å². The molecule has 3 rings (SSSR count). The third-order valence-electron chi connectivity index (χ3n) is 5.66. The van der Waals surface area contributed by atoms with E-state index < -0.39 is 0 Å². The van der Waals surface area contributed by atoms with Crippen LogP contribution in [0.25, 0.3) is 0 Å². The summed E-state index contributed by atoms with van der Waals surface area (Å²) < 4.78 is 31.1. The Morgan fingerprint density at radius 1 is 1.20 bits per heavy atom. The maximum absolute atomic E-state index is 14.3. The number of hydrogen-bond donors (Lipinski definition) is 2. The fourth-order valence-electron chi connectivity index (χ4n) is 3.42. The second-order valence-electron chi connectivity index (χ2n) is 8.29. The summed E-state index contributed by atoms with van der Waals surface area (Å²) in [7, 11) is 1.74. The van der Waals surface area contributed by atoms with Crippen LogP contribution in [0.1, 0.15) is 50.6 Å². The maximum Gasteiger partial charge on any atom is 0.191 e. The van der Waals surface area contributed by atoms with E-state index in [9.17, 15) is 4.39 Å². The number of rotatable bonds is 11. The second-order valence-corrected chi connectivity index (χ2v) is 8.29. The molecular weight excluding hydrogens is 385 g/mol. The lowest BCUT2D eigenvalue weighted by molar-refractivity contribution is 0.0203. The minimum Gasteiger partial charge on any atom is -0.490 e. The predicted molar refractivity (Wildman–Crippen MR) is 117 cm³/mol. The van der Waals surface area contributed by atoms with Gasteiger partial charge in [0.2, 0.25) is 0 Å². The molecule has 0 radical (unpaired) electrons. The molecule has 7 heteroatoms. The van der Waals surface area contributed by atoms with Crippen LogP contribution >= 0.6 is 0 Å². The van der Waals surface area contributed by atoms with Crippen molar-refractivity contribution in [2.75, 3.05) is 46.6 Å². The monoisotopic (exact) mass is 421 g/mol. The van der Waals surface area contributed by atoms with Crippen LogP contribution in [-0.2, 0) is 9.47 Å². The van der Waals surface area contributed by atoms with Gasteiger partial charge in [-0.3, -0.25) is 4.99 Å². The van der Waals surface area contributed by atoms with Crippen molar-refractivity contribution < 1.29 is 18.6 Å². The Morgan fingerprint density at radius 2 is 1.97 bits per heavy atom. The summed E-state index contributed by atoms with van der Waals surface area (Å²) in [4.78, 5) is 4.26. The SMILES string of the molecule is CN=C(NCCCOCC1CCOCC1)NC(C)c1ccc(OCC2CC2)c(F)c1. The molecule has 2 aliphatic rings. The minimum absolute atomic E-state index is 0.0760. The van der Waals surface area contributed by atoms with Gasteiger partial charge in [-0.1, -0.05) is 6.07 Å². The van der Waals surface area contributed by atoms with Crippen LogP contribution in [0.5, 0.6) is 5.75 Å². The fourth-order valence-corrected chi connectivity index (χ4v) is 3.42. The molecule has 0 bridgehead atoms. The Kier molecular flexibility index (Phi) is 9.21. The zero-order valence-electron chi connectivity index (χ0n) is 18.3. The lowest BCUT2D eigenvalue weighted by Gasteiger charge is -2.22. The molecule has 0 amide bonds. The quantitative estimate of drug-likeness (QED) is 0.324. The first kappa shape index (κ1) is 22.8. The van der Waals surface area contributed by atoms with E-state index in [1.54, 1.807) is 13.1 Å². The lowest BCUT2D eigenvalue weighted by Crippen LogP contribution is -2.39. The third-order valence-corrected chi connectivity index (χ3v) is 5.66. The molecule has 168 valence electrons. The molecule has 2 N–H and O–H groups in total. The Balaban J connectivity index is 1.33. The van der Waals surface area contributed by atoms with Gasteiger partial charge in [-0.2, -0.15) is 0 Å². The highest BCUT2D eigenvalue weighted by atomic mass is 19.1. The summed E-state index contributed by atoms with van der Waals surface area (Å²) in [6, 6.07) is 5.09. The number of aliphatic imine (C=N–C) groups is 1. The highest BCUT2D eigenvalue weighted by molar-refractivity contribution is 5.80. The molecule has 1 unspecified atom stereocenters. The molecule has 1 saturated heterocycles. The van der Waals surface area contributed by atoms with Crippen LogP contribution in [-0.4, -0.2) is 52.6 Å². The Bertz CT molecular complexity index is 676. The summed E-state index contributed by atoms with van der Waals surface area (Å²) in [5, 5.41) is 6.60. The number of nitrogens with one attached hydrogen (secondary N) is 2. The van der Waals surface area contributed by atoms with Gasteiger partial charge >= 0.3 is 0 Å². The van der Waals surface area contributed by atoms with E-state index in [0.717, 1.165) is 57.8 Å². The fraction of sp³-hybridized carbons (Fsp3) is 0.696. The molecule has 0 spiro atoms. The highest BCUT2D eigenvalue weighted by Gasteiger charge is 2.22. The van der Waals surface area contributed by atoms with E-state index in [0.29, 0.717) is 30.2 Å². The Hall–Kier alpha value is -1.86. The molecule has 1 aliphatic heterocycles. The Labute approximate surface area is 179 Å². The average molecular weight is 422 g/mol. The number of halogens is 1. The normalized spacial score (nSPS) is 18.8. The topological polar surface area (TPSA) is 64.1 Å². The van der Waals surface area contributed by atoms with Crippen molar-refractivity contribution in [3.8, 4) is 5.75 Å². The Morgan fingerprint density at radius 3 is 2.67 bits per heavy atom. The van der Waals surface area contributed by atoms with Gasteiger partial charge in [-0.05, 0) is 68.6 Å². The molecule has 1 atom stereocenters. The number of hydrogen-bond acceptors (Lipinski definition) is 4. The molecule has 1 aromatic carbocycles. The van der Waals surface area contributed by atoms with Crippen LogP contribution in [0.4, 0.5) is 4.39 Å². The van der Waals surface area contributed by atoms with Crippen molar-refractivity contribution in [2.24, 2.45) is 16.8 Å². The van der Waals surface area contributed by atoms with Crippen molar-refractivity contribution >= 4 is 5.96 Å². The van der Waals surface area contributed by atoms with E-state index in [1.807, 2.05) is 13.0 Å². The third kappa shape index (κ3) is 7.76. The first-order valence-corrected chi connectivity index (χ1v) is 11.2. The molecule has 1 aromatic rings. The van der Waals surface area contributed by atoms with Gasteiger partial charge in [0, 0.05) is 40.0 Å². The van der Waals surface area contributed by atoms with Crippen LogP contribution in [0.2, 0.25) is 0 Å². The number of benzene rings is 1. The summed E-state index contributed by atoms with van der Waals surface area (Å²) in [6.07, 6.45) is 5.48. The molecule has 2 fully saturated rings. The van der Waals surface area contributed by atoms with E-state index in [-0.39, 0.29) is 11.9 Å². The van der Waals surface area contributed by atoms with Crippen LogP contribution in [0.3, 0.4) is 0 Å². The van der Waals surface area contributed by atoms with Crippen molar-refractivity contribution in [2.45, 2.75) is 45.1 Å². The maximum atomic E-state index is 14.3. The van der Waals surface area contributed by atoms with E-state index in [4.69, 9.17) is 14.2 Å². The molecule has 0 aromatic heterocycles. The summed E-state index contributed by atoms with van der Waals surface area (Å²) in [6.45, 7) is 6.63. The summed E-state index contributed by atoms with van der Waals surface area (Å²) >= 11 is 0. The molecule has 30 heavy (non-hydrogen) atoms. The minimum atomic E-state index is -0.313. The summed E-state index contributed by atoms with van der Waals surface area (Å²) in [5.74, 6) is 1.95. The van der Waals surface area contributed by atoms with Crippen molar-refractivity contribution in [3.05, 3.63) is 29.6 Å². The van der Waals surface area contributed by atoms with Gasteiger partial charge in [0.05, 0.1) is 12.6 Å². The van der Waals surface area contributed by atoms with Gasteiger partial charge in [0.15, 0.2) is 17.5 Å². The second kappa shape index (κ2) is 12.1. The van der Waals surface area contributed by atoms with Gasteiger partial charge in [-0.15, -0.1) is 0 Å². The standard InChI is InChI=1S/C23H36FN3O3/c1-17(20-6-7-22(21(24)14-20)30-16-18-4-5-18)27-23(25-2)26-10-3-11-29-15-19-8-12-28-13-9-19/h6-7,14,17-19H,3-5,8-13,15-16H2,1-2H3,(H2,25,26,27). The number of guanidine groups is 1. The van der Waals surface area contributed by atoms with Crippen LogP contribution < -0.4 is 15.4 Å². The van der Waals surface area contributed by atoms with Gasteiger partial charge in [0.1, 0.15) is 0 Å². The number of nitrogens with zero attached hydrogens (tertiary/aromatic N) is 1. The van der Waals surface area contributed by atoms with Crippen LogP contribution in [0.15, 0.2) is 23.2 Å². The molecule has 1 heterocycles. The largest absolute Gasteiger partial charge is 0.490 e. The molecule has 1 aliphatic carbocycles. The zero-order chi connectivity index (χ0) is 21.2. The van der Waals surface area contributed by atoms with Gasteiger partial charge in [0.25, 0.3) is 0 Å². The highest BCUT2D eigenvalue weighted by Crippen LogP contribution is 2.30. The molecule has 1 saturated carbocycles. The number of ether oxygens (including phenoxy) is 3. The first-order valence-electron chi connectivity index (χ1n) is 11.2. The van der Waals surface area contributed by atoms with Gasteiger partial charge < -0.3 is 24.8 Å². The van der Waals surface area contributed by atoms with Gasteiger partial charge in [-0.25, -0.2) is 4.39 Å². The predicted octanol–water partition coefficient (Wildman–Crippen LogP) is 3.67. The van der Waals surface area contributed by atoms with Crippen molar-refractivity contribution in [1.29, 1.82) is 0 Å². The smallest absolute Gasteiger partial charge is 0.191 e. The van der Waals surface area contributed by atoms with Crippen molar-refractivity contribution in [3.63, 3.8) is 0 Å². The lowest BCUT2D eigenvalue weighted by atomic mass is 10.0. The van der Waals surface area contributed by atoms with Crippen LogP contribution in [0, 0.1) is 17.7 Å². The van der Waals surface area contributed by atoms with E-state index >= 15 is 0 Å². The first-order chi connectivity index (χ1) is 14.7. The zero-order valence-corrected chi connectivity index (χ0v) is 18.3.